The van der Waals surface area contributed by atoms with Crippen molar-refractivity contribution in [2.24, 2.45) is 0 Å². The third-order valence-electron chi connectivity index (χ3n) is 5.68. The van der Waals surface area contributed by atoms with E-state index in [1.165, 1.54) is 5.56 Å². The van der Waals surface area contributed by atoms with Crippen LogP contribution in [0, 0.1) is 5.82 Å². The highest BCUT2D eigenvalue weighted by Crippen LogP contribution is 2.32. The van der Waals surface area contributed by atoms with Gasteiger partial charge in [0, 0.05) is 11.1 Å². The van der Waals surface area contributed by atoms with Crippen LogP contribution in [-0.4, -0.2) is 6.61 Å². The molecule has 0 aliphatic heterocycles. The molecule has 31 heavy (non-hydrogen) atoms. The first kappa shape index (κ1) is 22.6. The number of ether oxygens (including phenoxy) is 1. The van der Waals surface area contributed by atoms with Crippen LogP contribution in [0.3, 0.4) is 0 Å². The monoisotopic (exact) mass is 417 g/mol. The smallest absolute Gasteiger partial charge is 0.146 e. The number of aryl methyl sites for hydroxylation is 1. The van der Waals surface area contributed by atoms with Crippen LogP contribution >= 0.6 is 0 Å². The molecule has 0 saturated heterocycles. The second-order valence-corrected chi connectivity index (χ2v) is 8.15. The first-order chi connectivity index (χ1) is 15.0. The molecular formula is C28H32FNO. The summed E-state index contributed by atoms with van der Waals surface area (Å²) in [6.45, 7) is 9.14. The van der Waals surface area contributed by atoms with Gasteiger partial charge in [0.05, 0.1) is 12.3 Å². The molecule has 3 heteroatoms. The molecular weight excluding hydrogens is 385 g/mol. The Balaban J connectivity index is 1.62. The highest BCUT2D eigenvalue weighted by molar-refractivity contribution is 5.60. The fraction of sp³-hybridized carbons (Fsp3) is 0.286. The number of nitrogens with one attached hydrogen (secondary N) is 1. The first-order valence-corrected chi connectivity index (χ1v) is 11.0. The van der Waals surface area contributed by atoms with E-state index in [1.54, 1.807) is 6.07 Å². The minimum Gasteiger partial charge on any atom is -0.494 e. The third-order valence-corrected chi connectivity index (χ3v) is 5.68. The Hall–Kier alpha value is -3.07. The van der Waals surface area contributed by atoms with Gasteiger partial charge >= 0.3 is 0 Å². The van der Waals surface area contributed by atoms with Crippen LogP contribution < -0.4 is 10.1 Å². The van der Waals surface area contributed by atoms with Crippen molar-refractivity contribution in [2.75, 3.05) is 11.9 Å². The molecule has 162 valence electrons. The fourth-order valence-electron chi connectivity index (χ4n) is 3.68. The lowest BCUT2D eigenvalue weighted by molar-refractivity contribution is 0.317. The Kier molecular flexibility index (Phi) is 7.88. The molecule has 0 amide bonds. The van der Waals surface area contributed by atoms with Gasteiger partial charge in [-0.15, -0.1) is 6.58 Å². The normalized spacial score (nSPS) is 12.7. The van der Waals surface area contributed by atoms with Gasteiger partial charge in [-0.2, -0.15) is 0 Å². The molecule has 0 saturated carbocycles. The maximum Gasteiger partial charge on any atom is 0.146 e. The Labute approximate surface area is 185 Å². The highest BCUT2D eigenvalue weighted by atomic mass is 19.1. The Morgan fingerprint density at radius 1 is 1.03 bits per heavy atom. The van der Waals surface area contributed by atoms with E-state index in [9.17, 15) is 4.39 Å². The van der Waals surface area contributed by atoms with E-state index in [1.807, 2.05) is 60.7 Å². The molecule has 3 rings (SSSR count). The summed E-state index contributed by atoms with van der Waals surface area (Å²) in [5, 5.41) is 3.17. The largest absolute Gasteiger partial charge is 0.494 e. The highest BCUT2D eigenvalue weighted by Gasteiger charge is 2.22. The maximum absolute atomic E-state index is 14.3. The van der Waals surface area contributed by atoms with Crippen molar-refractivity contribution in [3.63, 3.8) is 0 Å². The minimum absolute atomic E-state index is 0.117. The summed E-state index contributed by atoms with van der Waals surface area (Å²) in [6, 6.07) is 23.3. The lowest BCUT2D eigenvalue weighted by Crippen LogP contribution is -2.19. The van der Waals surface area contributed by atoms with E-state index in [0.717, 1.165) is 49.3 Å². The first-order valence-electron chi connectivity index (χ1n) is 11.0. The Bertz CT molecular complexity index is 968. The average Bonchev–Trinajstić information content (AvgIpc) is 2.80. The van der Waals surface area contributed by atoms with Gasteiger partial charge in [0.15, 0.2) is 0 Å². The number of para-hydroxylation sites is 1. The Morgan fingerprint density at radius 3 is 2.45 bits per heavy atom. The predicted octanol–water partition coefficient (Wildman–Crippen LogP) is 7.82. The standard InChI is InChI=1S/C28H32FNO/c1-4-20-31-25-16-14-23(15-17-25)28(3,5-2)19-9-10-22-13-18-26(29)27(21-22)30-24-11-7-6-8-12-24/h5-8,11-18,21,30H,2,4,9-10,19-20H2,1,3H3. The molecule has 0 aliphatic carbocycles. The SMILES string of the molecule is C=CC(C)(CCCc1ccc(F)c(Nc2ccccc2)c1)c1ccc(OCCC)cc1. The molecule has 2 nitrogen and oxygen atoms in total. The molecule has 1 unspecified atom stereocenters. The molecule has 0 heterocycles. The van der Waals surface area contributed by atoms with E-state index in [2.05, 4.69) is 37.9 Å². The maximum atomic E-state index is 14.3. The number of rotatable bonds is 11. The van der Waals surface area contributed by atoms with Crippen LogP contribution in [0.1, 0.15) is 44.2 Å². The summed E-state index contributed by atoms with van der Waals surface area (Å²) >= 11 is 0. The second kappa shape index (κ2) is 10.8. The number of hydrogen-bond acceptors (Lipinski definition) is 2. The van der Waals surface area contributed by atoms with Crippen molar-refractivity contribution in [1.29, 1.82) is 0 Å². The molecule has 3 aromatic carbocycles. The molecule has 1 atom stereocenters. The zero-order valence-corrected chi connectivity index (χ0v) is 18.5. The zero-order valence-electron chi connectivity index (χ0n) is 18.5. The van der Waals surface area contributed by atoms with Gasteiger partial charge in [-0.3, -0.25) is 0 Å². The van der Waals surface area contributed by atoms with Gasteiger partial charge in [-0.25, -0.2) is 4.39 Å². The summed E-state index contributed by atoms with van der Waals surface area (Å²) in [4.78, 5) is 0. The van der Waals surface area contributed by atoms with Gasteiger partial charge in [0.25, 0.3) is 0 Å². The molecule has 1 N–H and O–H groups in total. The van der Waals surface area contributed by atoms with Crippen LogP contribution in [0.5, 0.6) is 5.75 Å². The molecule has 0 bridgehead atoms. The van der Waals surface area contributed by atoms with Crippen LogP contribution in [0.25, 0.3) is 0 Å². The minimum atomic E-state index is -0.242. The molecule has 0 aromatic heterocycles. The van der Waals surface area contributed by atoms with Gasteiger partial charge in [0.2, 0.25) is 0 Å². The average molecular weight is 418 g/mol. The molecule has 0 aliphatic rings. The van der Waals surface area contributed by atoms with E-state index in [4.69, 9.17) is 4.74 Å². The van der Waals surface area contributed by atoms with Crippen LogP contribution in [0.2, 0.25) is 0 Å². The number of hydrogen-bond donors (Lipinski definition) is 1. The Morgan fingerprint density at radius 2 is 1.77 bits per heavy atom. The zero-order chi connectivity index (χ0) is 22.1. The predicted molar refractivity (Wildman–Crippen MR) is 129 cm³/mol. The van der Waals surface area contributed by atoms with Crippen LogP contribution in [0.15, 0.2) is 85.5 Å². The second-order valence-electron chi connectivity index (χ2n) is 8.15. The summed E-state index contributed by atoms with van der Waals surface area (Å²) in [5.41, 5.74) is 3.63. The van der Waals surface area contributed by atoms with Crippen molar-refractivity contribution >= 4 is 11.4 Å². The third kappa shape index (κ3) is 6.21. The van der Waals surface area contributed by atoms with E-state index in [0.29, 0.717) is 5.69 Å². The van der Waals surface area contributed by atoms with E-state index < -0.39 is 0 Å². The number of anilines is 2. The van der Waals surface area contributed by atoms with Crippen molar-refractivity contribution in [2.45, 2.75) is 44.9 Å². The molecule has 3 aromatic rings. The molecule has 0 fully saturated rings. The van der Waals surface area contributed by atoms with E-state index >= 15 is 0 Å². The van der Waals surface area contributed by atoms with Crippen LogP contribution in [-0.2, 0) is 11.8 Å². The van der Waals surface area contributed by atoms with Gasteiger partial charge in [0.1, 0.15) is 11.6 Å². The molecule has 0 radical (unpaired) electrons. The number of halogens is 1. The quantitative estimate of drug-likeness (QED) is 0.321. The molecule has 0 spiro atoms. The van der Waals surface area contributed by atoms with E-state index in [-0.39, 0.29) is 11.2 Å². The summed E-state index contributed by atoms with van der Waals surface area (Å²) in [5.74, 6) is 0.663. The summed E-state index contributed by atoms with van der Waals surface area (Å²) in [6.07, 6.45) is 5.85. The lowest BCUT2D eigenvalue weighted by atomic mass is 9.78. The number of allylic oxidation sites excluding steroid dienone is 1. The number of benzene rings is 3. The van der Waals surface area contributed by atoms with Crippen molar-refractivity contribution in [3.05, 3.63) is 102 Å². The lowest BCUT2D eigenvalue weighted by Gasteiger charge is -2.27. The van der Waals surface area contributed by atoms with Crippen molar-refractivity contribution < 1.29 is 9.13 Å². The fourth-order valence-corrected chi connectivity index (χ4v) is 3.68. The topological polar surface area (TPSA) is 21.3 Å². The van der Waals surface area contributed by atoms with Crippen LogP contribution in [0.4, 0.5) is 15.8 Å². The van der Waals surface area contributed by atoms with Gasteiger partial charge in [-0.05, 0) is 73.2 Å². The summed E-state index contributed by atoms with van der Waals surface area (Å²) in [7, 11) is 0. The van der Waals surface area contributed by atoms with Crippen molar-refractivity contribution in [3.8, 4) is 5.75 Å². The van der Waals surface area contributed by atoms with Gasteiger partial charge in [-0.1, -0.05) is 56.3 Å². The summed E-state index contributed by atoms with van der Waals surface area (Å²) < 4.78 is 20.0. The van der Waals surface area contributed by atoms with Gasteiger partial charge < -0.3 is 10.1 Å². The van der Waals surface area contributed by atoms with Crippen molar-refractivity contribution in [1.82, 2.24) is 0 Å².